The smallest absolute Gasteiger partial charge is 0.252 e. The molecule has 0 saturated carbocycles. The second kappa shape index (κ2) is 13.4. The zero-order valence-electron chi connectivity index (χ0n) is 26.5. The van der Waals surface area contributed by atoms with E-state index in [1.165, 1.54) is 0 Å². The van der Waals surface area contributed by atoms with E-state index in [-0.39, 0.29) is 17.6 Å². The SMILES string of the molecule is CC1CCN(C(=O)C(c2ccccc2)n2cnc(NC(=O)[C@H](NC(=O)C(C)(C)NC(=O)C(C)(C)C)c3ccccc3)c2)CC1. The fourth-order valence-electron chi connectivity index (χ4n) is 5.01. The number of aromatic nitrogens is 2. The molecule has 10 nitrogen and oxygen atoms in total. The first kappa shape index (κ1) is 32.4. The lowest BCUT2D eigenvalue weighted by atomic mass is 9.93. The van der Waals surface area contributed by atoms with E-state index >= 15 is 0 Å². The van der Waals surface area contributed by atoms with Crippen LogP contribution in [-0.4, -0.2) is 56.7 Å². The van der Waals surface area contributed by atoms with Crippen LogP contribution in [0.4, 0.5) is 5.82 Å². The second-order valence-corrected chi connectivity index (χ2v) is 13.2. The van der Waals surface area contributed by atoms with Crippen LogP contribution >= 0.6 is 0 Å². The van der Waals surface area contributed by atoms with E-state index < -0.39 is 34.9 Å². The highest BCUT2D eigenvalue weighted by Gasteiger charge is 2.36. The predicted molar refractivity (Wildman–Crippen MR) is 169 cm³/mol. The van der Waals surface area contributed by atoms with Gasteiger partial charge < -0.3 is 25.4 Å². The maximum Gasteiger partial charge on any atom is 0.252 e. The van der Waals surface area contributed by atoms with Gasteiger partial charge in [0.05, 0.1) is 6.33 Å². The lowest BCUT2D eigenvalue weighted by Gasteiger charge is -2.33. The van der Waals surface area contributed by atoms with Gasteiger partial charge >= 0.3 is 0 Å². The van der Waals surface area contributed by atoms with Gasteiger partial charge in [0.15, 0.2) is 5.82 Å². The number of nitrogens with one attached hydrogen (secondary N) is 3. The number of imidazole rings is 1. The summed E-state index contributed by atoms with van der Waals surface area (Å²) in [5.41, 5.74) is -0.597. The third-order valence-electron chi connectivity index (χ3n) is 7.94. The summed E-state index contributed by atoms with van der Waals surface area (Å²) in [5, 5.41) is 8.40. The van der Waals surface area contributed by atoms with Gasteiger partial charge in [-0.05, 0) is 43.7 Å². The van der Waals surface area contributed by atoms with Crippen LogP contribution in [0.1, 0.15) is 77.6 Å². The molecule has 1 fully saturated rings. The molecule has 234 valence electrons. The van der Waals surface area contributed by atoms with Gasteiger partial charge in [-0.1, -0.05) is 88.4 Å². The van der Waals surface area contributed by atoms with Crippen LogP contribution < -0.4 is 16.0 Å². The molecule has 3 N–H and O–H groups in total. The molecule has 2 aromatic carbocycles. The predicted octanol–water partition coefficient (Wildman–Crippen LogP) is 4.47. The highest BCUT2D eigenvalue weighted by atomic mass is 16.2. The standard InChI is InChI=1S/C34H44N6O4/c1-23-17-19-39(20-18-23)30(42)28(25-15-11-8-12-16-25)40-21-26(35-22-40)36-29(41)27(24-13-9-7-10-14-24)37-32(44)34(5,6)38-31(43)33(2,3)4/h7-16,21-23,27-28H,17-20H2,1-6H3,(H,36,41)(H,37,44)(H,38,43)/t27-,28?/m1/s1. The van der Waals surface area contributed by atoms with Crippen molar-refractivity contribution in [1.29, 1.82) is 0 Å². The Kier molecular flexibility index (Phi) is 9.91. The molecule has 3 aromatic rings. The summed E-state index contributed by atoms with van der Waals surface area (Å²) in [5.74, 6) is -0.512. The third-order valence-corrected chi connectivity index (χ3v) is 7.94. The fraction of sp³-hybridized carbons (Fsp3) is 0.441. The van der Waals surface area contributed by atoms with Crippen molar-refractivity contribution in [1.82, 2.24) is 25.1 Å². The van der Waals surface area contributed by atoms with Gasteiger partial charge in [0.2, 0.25) is 17.7 Å². The number of carbonyl (C=O) groups is 4. The Hall–Kier alpha value is -4.47. The molecule has 1 aromatic heterocycles. The summed E-state index contributed by atoms with van der Waals surface area (Å²) in [4.78, 5) is 59.8. The van der Waals surface area contributed by atoms with Crippen molar-refractivity contribution in [3.63, 3.8) is 0 Å². The molecule has 0 aliphatic carbocycles. The summed E-state index contributed by atoms with van der Waals surface area (Å²) in [6, 6.07) is 16.7. The lowest BCUT2D eigenvalue weighted by Crippen LogP contribution is -2.58. The van der Waals surface area contributed by atoms with Crippen LogP contribution in [0.2, 0.25) is 0 Å². The number of carbonyl (C=O) groups excluding carboxylic acids is 4. The van der Waals surface area contributed by atoms with Gasteiger partial charge in [-0.25, -0.2) is 4.98 Å². The Bertz CT molecular complexity index is 1450. The number of amides is 4. The molecule has 10 heteroatoms. The highest BCUT2D eigenvalue weighted by molar-refractivity contribution is 5.99. The van der Waals surface area contributed by atoms with Gasteiger partial charge in [-0.2, -0.15) is 0 Å². The minimum atomic E-state index is -1.28. The molecular weight excluding hydrogens is 556 g/mol. The molecule has 1 unspecified atom stereocenters. The topological polar surface area (TPSA) is 125 Å². The first-order chi connectivity index (χ1) is 20.8. The molecule has 0 spiro atoms. The van der Waals surface area contributed by atoms with E-state index in [0.29, 0.717) is 24.6 Å². The van der Waals surface area contributed by atoms with Gasteiger partial charge in [0.1, 0.15) is 17.6 Å². The van der Waals surface area contributed by atoms with Crippen LogP contribution in [0.25, 0.3) is 0 Å². The molecule has 0 bridgehead atoms. The van der Waals surface area contributed by atoms with Gasteiger partial charge in [-0.3, -0.25) is 19.2 Å². The molecular formula is C34H44N6O4. The molecule has 1 aliphatic heterocycles. The van der Waals surface area contributed by atoms with E-state index in [4.69, 9.17) is 0 Å². The molecule has 2 heterocycles. The molecule has 2 atom stereocenters. The number of piperidine rings is 1. The largest absolute Gasteiger partial charge is 0.342 e. The number of benzene rings is 2. The van der Waals surface area contributed by atoms with E-state index in [1.807, 2.05) is 41.3 Å². The summed E-state index contributed by atoms with van der Waals surface area (Å²) in [7, 11) is 0. The number of nitrogens with zero attached hydrogens (tertiary/aromatic N) is 3. The highest BCUT2D eigenvalue weighted by Crippen LogP contribution is 2.26. The zero-order valence-corrected chi connectivity index (χ0v) is 26.5. The number of rotatable bonds is 9. The second-order valence-electron chi connectivity index (χ2n) is 13.2. The van der Waals surface area contributed by atoms with Crippen LogP contribution in [0, 0.1) is 11.3 Å². The maximum atomic E-state index is 13.8. The van der Waals surface area contributed by atoms with Crippen molar-refractivity contribution in [2.24, 2.45) is 11.3 Å². The minimum Gasteiger partial charge on any atom is -0.342 e. The van der Waals surface area contributed by atoms with E-state index in [1.54, 1.807) is 76.0 Å². The van der Waals surface area contributed by atoms with Gasteiger partial charge in [-0.15, -0.1) is 0 Å². The fourth-order valence-corrected chi connectivity index (χ4v) is 5.01. The number of hydrogen-bond donors (Lipinski definition) is 3. The first-order valence-corrected chi connectivity index (χ1v) is 15.1. The minimum absolute atomic E-state index is 0.0210. The number of likely N-dealkylation sites (tertiary alicyclic amines) is 1. The number of hydrogen-bond acceptors (Lipinski definition) is 5. The molecule has 1 aliphatic rings. The van der Waals surface area contributed by atoms with Crippen LogP contribution in [-0.2, 0) is 19.2 Å². The van der Waals surface area contributed by atoms with E-state index in [0.717, 1.165) is 18.4 Å². The summed E-state index contributed by atoms with van der Waals surface area (Å²) >= 11 is 0. The summed E-state index contributed by atoms with van der Waals surface area (Å²) in [6.07, 6.45) is 5.10. The van der Waals surface area contributed by atoms with Gasteiger partial charge in [0.25, 0.3) is 5.91 Å². The Labute approximate surface area is 259 Å². The monoisotopic (exact) mass is 600 g/mol. The Balaban J connectivity index is 1.56. The molecule has 4 rings (SSSR count). The average molecular weight is 601 g/mol. The molecule has 44 heavy (non-hydrogen) atoms. The number of anilines is 1. The van der Waals surface area contributed by atoms with Crippen LogP contribution in [0.5, 0.6) is 0 Å². The Morgan fingerprint density at radius 1 is 0.841 bits per heavy atom. The maximum absolute atomic E-state index is 13.8. The molecule has 1 saturated heterocycles. The van der Waals surface area contributed by atoms with Crippen molar-refractivity contribution in [3.05, 3.63) is 84.3 Å². The summed E-state index contributed by atoms with van der Waals surface area (Å²) in [6.45, 7) is 12.1. The van der Waals surface area contributed by atoms with Gasteiger partial charge in [0, 0.05) is 24.7 Å². The van der Waals surface area contributed by atoms with Crippen molar-refractivity contribution < 1.29 is 19.2 Å². The van der Waals surface area contributed by atoms with Crippen LogP contribution in [0.3, 0.4) is 0 Å². The average Bonchev–Trinajstić information content (AvgIpc) is 3.44. The third kappa shape index (κ3) is 7.92. The Morgan fingerprint density at radius 2 is 1.41 bits per heavy atom. The Morgan fingerprint density at radius 3 is 1.98 bits per heavy atom. The summed E-state index contributed by atoms with van der Waals surface area (Å²) < 4.78 is 1.71. The van der Waals surface area contributed by atoms with E-state index in [2.05, 4.69) is 27.9 Å². The van der Waals surface area contributed by atoms with Crippen molar-refractivity contribution in [2.45, 2.75) is 72.0 Å². The van der Waals surface area contributed by atoms with Crippen LogP contribution in [0.15, 0.2) is 73.2 Å². The first-order valence-electron chi connectivity index (χ1n) is 15.1. The molecule has 0 radical (unpaired) electrons. The zero-order chi connectivity index (χ0) is 32.1. The lowest BCUT2D eigenvalue weighted by molar-refractivity contribution is -0.137. The van der Waals surface area contributed by atoms with Crippen molar-refractivity contribution in [2.75, 3.05) is 18.4 Å². The van der Waals surface area contributed by atoms with E-state index in [9.17, 15) is 19.2 Å². The van der Waals surface area contributed by atoms with Crippen molar-refractivity contribution >= 4 is 29.4 Å². The quantitative estimate of drug-likeness (QED) is 0.334. The normalized spacial score (nSPS) is 15.6. The van der Waals surface area contributed by atoms with Crippen molar-refractivity contribution in [3.8, 4) is 0 Å². The molecule has 4 amide bonds.